The number of rotatable bonds is 7. The normalized spacial score (nSPS) is 12.7. The van der Waals surface area contributed by atoms with Crippen LogP contribution in [0.4, 0.5) is 0 Å². The molecule has 0 spiro atoms. The van der Waals surface area contributed by atoms with Crippen molar-refractivity contribution in [1.82, 2.24) is 23.5 Å². The first-order valence-corrected chi connectivity index (χ1v) is 22.2. The van der Waals surface area contributed by atoms with Gasteiger partial charge in [-0.05, 0) is 28.2 Å². The molecular formula is C54H43N5OPt. The van der Waals surface area contributed by atoms with Gasteiger partial charge in [0.2, 0.25) is 0 Å². The molecule has 0 saturated heterocycles. The Bertz CT molecular complexity index is 3330. The second kappa shape index (κ2) is 15.4. The van der Waals surface area contributed by atoms with E-state index in [1.165, 1.54) is 49.8 Å². The molecule has 0 amide bonds. The fraction of sp³-hybridized carbons (Fsp3) is 0.130. The molecule has 0 N–H and O–H groups in total. The van der Waals surface area contributed by atoms with Crippen LogP contribution >= 0.6 is 0 Å². The number of aromatic nitrogens is 5. The summed E-state index contributed by atoms with van der Waals surface area (Å²) < 4.78 is 14.8. The van der Waals surface area contributed by atoms with E-state index >= 15 is 0 Å². The third-order valence-electron chi connectivity index (χ3n) is 12.2. The number of ether oxygens (including phenoxy) is 1. The Morgan fingerprint density at radius 3 is 2.08 bits per heavy atom. The maximum atomic E-state index is 6.78. The van der Waals surface area contributed by atoms with E-state index in [9.17, 15) is 0 Å². The molecule has 14 rings (SSSR count). The molecule has 10 aromatic rings. The van der Waals surface area contributed by atoms with E-state index < -0.39 is 0 Å². The SMILES string of the molecule is CC(C)c1cc(-n2c3ccc(-c4ccccc4)cc3c3ccc(Oc4cccc(-n5cc6c7cnc(n6[c]5=[Pt])CCc5ccc(cc5)CC7)c4)cc32)ncc1-c1ccccc1. The minimum absolute atomic E-state index is 0.299. The van der Waals surface area contributed by atoms with Gasteiger partial charge in [-0.3, -0.25) is 0 Å². The quantitative estimate of drug-likeness (QED) is 0.160. The van der Waals surface area contributed by atoms with Gasteiger partial charge in [-0.1, -0.05) is 80.6 Å². The van der Waals surface area contributed by atoms with Crippen LogP contribution in [-0.4, -0.2) is 23.5 Å². The molecule has 0 aliphatic carbocycles. The molecule has 0 fully saturated rings. The van der Waals surface area contributed by atoms with Crippen LogP contribution in [0.3, 0.4) is 0 Å². The fourth-order valence-corrected chi connectivity index (χ4v) is 10.00. The second-order valence-electron chi connectivity index (χ2n) is 16.3. The number of hydrogen-bond donors (Lipinski definition) is 0. The third-order valence-corrected chi connectivity index (χ3v) is 13.2. The van der Waals surface area contributed by atoms with Gasteiger partial charge >= 0.3 is 247 Å². The molecule has 300 valence electrons. The van der Waals surface area contributed by atoms with E-state index in [1.54, 1.807) is 0 Å². The molecule has 0 radical (unpaired) electrons. The summed E-state index contributed by atoms with van der Waals surface area (Å²) in [7, 11) is 0. The van der Waals surface area contributed by atoms with Crippen LogP contribution in [0.25, 0.3) is 61.1 Å². The van der Waals surface area contributed by atoms with Gasteiger partial charge in [-0.2, -0.15) is 0 Å². The van der Waals surface area contributed by atoms with E-state index in [-0.39, 0.29) is 0 Å². The van der Waals surface area contributed by atoms with Crippen molar-refractivity contribution in [2.75, 3.05) is 0 Å². The zero-order valence-electron chi connectivity index (χ0n) is 34.0. The maximum absolute atomic E-state index is 6.78. The fourth-order valence-electron chi connectivity index (χ4n) is 8.99. The van der Waals surface area contributed by atoms with Crippen molar-refractivity contribution in [3.8, 4) is 45.3 Å². The molecule has 7 heteroatoms. The van der Waals surface area contributed by atoms with E-state index in [0.29, 0.717) is 5.92 Å². The Morgan fingerprint density at radius 2 is 1.31 bits per heavy atom. The topological polar surface area (TPSA) is 49.3 Å². The first-order valence-electron chi connectivity index (χ1n) is 21.1. The number of nitrogens with zero attached hydrogens (tertiary/aromatic N) is 5. The van der Waals surface area contributed by atoms with Gasteiger partial charge in [0, 0.05) is 11.8 Å². The molecular weight excluding hydrogens is 930 g/mol. The zero-order chi connectivity index (χ0) is 41.0. The van der Waals surface area contributed by atoms with E-state index in [2.05, 4.69) is 205 Å². The number of benzene rings is 6. The van der Waals surface area contributed by atoms with Crippen molar-refractivity contribution < 1.29 is 24.1 Å². The van der Waals surface area contributed by atoms with Crippen molar-refractivity contribution in [3.63, 3.8) is 0 Å². The van der Waals surface area contributed by atoms with Crippen LogP contribution in [0.2, 0.25) is 0 Å². The van der Waals surface area contributed by atoms with Crippen molar-refractivity contribution in [3.05, 3.63) is 202 Å². The number of fused-ring (bicyclic) bond motifs is 3. The number of aryl methyl sites for hydroxylation is 4. The molecule has 4 bridgehead atoms. The minimum atomic E-state index is 0.299. The van der Waals surface area contributed by atoms with Gasteiger partial charge in [0.1, 0.15) is 0 Å². The molecule has 0 saturated carbocycles. The smallest absolute Gasteiger partial charge is 0.0622 e. The molecule has 6 aromatic carbocycles. The Labute approximate surface area is 365 Å². The van der Waals surface area contributed by atoms with Crippen molar-refractivity contribution in [2.24, 2.45) is 0 Å². The Hall–Kier alpha value is -6.62. The molecule has 4 aliphatic heterocycles. The van der Waals surface area contributed by atoms with Gasteiger partial charge in [0.05, 0.1) is 0 Å². The molecule has 8 heterocycles. The predicted octanol–water partition coefficient (Wildman–Crippen LogP) is 12.8. The molecule has 6 nitrogen and oxygen atoms in total. The average molecular weight is 973 g/mol. The van der Waals surface area contributed by atoms with Crippen LogP contribution in [0, 0.1) is 3.80 Å². The van der Waals surface area contributed by atoms with Crippen molar-refractivity contribution in [1.29, 1.82) is 0 Å². The first-order chi connectivity index (χ1) is 29.9. The molecule has 4 aromatic heterocycles. The van der Waals surface area contributed by atoms with E-state index in [0.717, 1.165) is 80.3 Å². The Balaban J connectivity index is 1.00. The molecule has 61 heavy (non-hydrogen) atoms. The number of imidazole rings is 1. The standard InChI is InChI=1S/C54H43N5O.Pt/c1-36(2)47-31-54(56-33-49(47)40-12-7-4-8-13-40)59-50-26-23-41(39-10-5-3-6-11-39)28-48(50)46-25-24-45(30-51(46)59)60-44-15-9-14-43(29-44)57-34-52-42-22-20-37-16-18-38(19-17-37)21-27-53(55-32-42)58(52)35-57;/h3-19,23-26,28-34,36H,20-22,27H2,1-2H3;. The Kier molecular flexibility index (Phi) is 9.46. The summed E-state index contributed by atoms with van der Waals surface area (Å²) in [6.07, 6.45) is 10.1. The van der Waals surface area contributed by atoms with Crippen molar-refractivity contribution in [2.45, 2.75) is 45.4 Å². The number of pyridine rings is 1. The van der Waals surface area contributed by atoms with Gasteiger partial charge < -0.3 is 0 Å². The van der Waals surface area contributed by atoms with E-state index in [1.807, 2.05) is 12.3 Å². The summed E-state index contributed by atoms with van der Waals surface area (Å²) >= 11 is 2.46. The van der Waals surface area contributed by atoms with Gasteiger partial charge in [-0.15, -0.1) is 0 Å². The summed E-state index contributed by atoms with van der Waals surface area (Å²) in [5.41, 5.74) is 14.3. The molecule has 0 unspecified atom stereocenters. The first kappa shape index (κ1) is 37.4. The van der Waals surface area contributed by atoms with Crippen LogP contribution < -0.4 is 4.74 Å². The zero-order valence-corrected chi connectivity index (χ0v) is 36.3. The summed E-state index contributed by atoms with van der Waals surface area (Å²) in [6.45, 7) is 4.51. The van der Waals surface area contributed by atoms with Gasteiger partial charge in [0.25, 0.3) is 0 Å². The van der Waals surface area contributed by atoms with E-state index in [4.69, 9.17) is 14.7 Å². The predicted molar refractivity (Wildman–Crippen MR) is 243 cm³/mol. The van der Waals surface area contributed by atoms with Gasteiger partial charge in [0.15, 0.2) is 0 Å². The van der Waals surface area contributed by atoms with Crippen LogP contribution in [0.15, 0.2) is 170 Å². The number of hydrogen-bond acceptors (Lipinski definition) is 3. The monoisotopic (exact) mass is 972 g/mol. The second-order valence-corrected chi connectivity index (χ2v) is 17.4. The average Bonchev–Trinajstić information content (AvgIpc) is 3.82. The Morgan fingerprint density at radius 1 is 0.574 bits per heavy atom. The van der Waals surface area contributed by atoms with Crippen molar-refractivity contribution >= 4 is 27.3 Å². The van der Waals surface area contributed by atoms with Gasteiger partial charge in [-0.25, -0.2) is 0 Å². The summed E-state index contributed by atoms with van der Waals surface area (Å²) in [5.74, 6) is 3.78. The summed E-state index contributed by atoms with van der Waals surface area (Å²) in [4.78, 5) is 10.2. The van der Waals surface area contributed by atoms with Crippen LogP contribution in [0.1, 0.15) is 47.8 Å². The van der Waals surface area contributed by atoms with Crippen LogP contribution in [-0.2, 0) is 45.0 Å². The third kappa shape index (κ3) is 6.85. The molecule has 4 aliphatic rings. The summed E-state index contributed by atoms with van der Waals surface area (Å²) in [6, 6.07) is 54.2. The minimum Gasteiger partial charge on any atom is -0.0622 e. The van der Waals surface area contributed by atoms with Crippen LogP contribution in [0.5, 0.6) is 11.5 Å². The summed E-state index contributed by atoms with van der Waals surface area (Å²) in [5, 5.41) is 2.32. The molecule has 0 atom stereocenters.